The Morgan fingerprint density at radius 2 is 1.85 bits per heavy atom. The highest BCUT2D eigenvalue weighted by Crippen LogP contribution is 2.21. The first kappa shape index (κ1) is 16.6. The molecule has 26 heavy (non-hydrogen) atoms. The molecule has 3 aromatic rings. The van der Waals surface area contributed by atoms with Crippen LogP contribution in [0.2, 0.25) is 0 Å². The summed E-state index contributed by atoms with van der Waals surface area (Å²) in [4.78, 5) is 4.56. The third-order valence-corrected chi connectivity index (χ3v) is 4.79. The van der Waals surface area contributed by atoms with E-state index in [4.69, 9.17) is 0 Å². The summed E-state index contributed by atoms with van der Waals surface area (Å²) in [6.45, 7) is 1.77. The predicted molar refractivity (Wildman–Crippen MR) is 109 cm³/mol. The standard InChI is InChI=1S/C22H24N4/c1-3-9-18(10-4-1)16-26-17-19(20-11-6-7-12-21(20)26)15-24-25-22-13-5-2-8-14-23-22/h1,3-4,6-7,9-12,15,17H,2,5,8,13-14,16H2,(H,23,25)/b24-15+. The highest BCUT2D eigenvalue weighted by atomic mass is 15.3. The van der Waals surface area contributed by atoms with E-state index in [0.29, 0.717) is 0 Å². The first-order chi connectivity index (χ1) is 12.9. The van der Waals surface area contributed by atoms with E-state index in [1.165, 1.54) is 35.7 Å². The molecule has 1 aliphatic rings. The highest BCUT2D eigenvalue weighted by Gasteiger charge is 2.07. The lowest BCUT2D eigenvalue weighted by Crippen LogP contribution is -2.17. The highest BCUT2D eigenvalue weighted by molar-refractivity contribution is 5.99. The van der Waals surface area contributed by atoms with E-state index in [0.717, 1.165) is 30.9 Å². The van der Waals surface area contributed by atoms with Crippen LogP contribution in [0.15, 0.2) is 70.9 Å². The largest absolute Gasteiger partial charge is 0.342 e. The Bertz CT molecular complexity index is 922. The monoisotopic (exact) mass is 344 g/mol. The number of hydrazone groups is 1. The van der Waals surface area contributed by atoms with Gasteiger partial charge >= 0.3 is 0 Å². The minimum Gasteiger partial charge on any atom is -0.342 e. The number of hydrogen-bond acceptors (Lipinski definition) is 3. The van der Waals surface area contributed by atoms with Gasteiger partial charge in [-0.3, -0.25) is 10.4 Å². The minimum absolute atomic E-state index is 0.856. The van der Waals surface area contributed by atoms with Crippen molar-refractivity contribution in [2.24, 2.45) is 10.1 Å². The fourth-order valence-corrected chi connectivity index (χ4v) is 3.43. The van der Waals surface area contributed by atoms with Crippen LogP contribution < -0.4 is 5.43 Å². The van der Waals surface area contributed by atoms with Gasteiger partial charge in [-0.2, -0.15) is 5.10 Å². The summed E-state index contributed by atoms with van der Waals surface area (Å²) < 4.78 is 2.29. The Morgan fingerprint density at radius 1 is 1.00 bits per heavy atom. The average Bonchev–Trinajstić information content (AvgIpc) is 2.84. The quantitative estimate of drug-likeness (QED) is 0.546. The number of nitrogens with one attached hydrogen (secondary N) is 1. The van der Waals surface area contributed by atoms with Gasteiger partial charge in [0, 0.05) is 42.2 Å². The Hall–Kier alpha value is -2.88. The third kappa shape index (κ3) is 3.85. The zero-order valence-electron chi connectivity index (χ0n) is 14.9. The van der Waals surface area contributed by atoms with E-state index < -0.39 is 0 Å². The summed E-state index contributed by atoms with van der Waals surface area (Å²) in [5, 5.41) is 5.68. The maximum absolute atomic E-state index is 4.56. The molecule has 1 aliphatic heterocycles. The Morgan fingerprint density at radius 3 is 2.77 bits per heavy atom. The molecule has 0 atom stereocenters. The van der Waals surface area contributed by atoms with Crippen molar-refractivity contribution >= 4 is 23.0 Å². The molecule has 0 radical (unpaired) electrons. The van der Waals surface area contributed by atoms with Crippen LogP contribution >= 0.6 is 0 Å². The molecule has 0 saturated carbocycles. The average molecular weight is 344 g/mol. The molecule has 2 aromatic carbocycles. The molecule has 0 aliphatic carbocycles. The van der Waals surface area contributed by atoms with Gasteiger partial charge in [0.2, 0.25) is 0 Å². The second-order valence-corrected chi connectivity index (χ2v) is 6.72. The van der Waals surface area contributed by atoms with Gasteiger partial charge in [0.15, 0.2) is 0 Å². The molecular weight excluding hydrogens is 320 g/mol. The summed E-state index contributed by atoms with van der Waals surface area (Å²) in [6.07, 6.45) is 8.72. The van der Waals surface area contributed by atoms with Gasteiger partial charge < -0.3 is 4.57 Å². The van der Waals surface area contributed by atoms with Crippen molar-refractivity contribution in [2.75, 3.05) is 6.54 Å². The van der Waals surface area contributed by atoms with Crippen molar-refractivity contribution in [3.63, 3.8) is 0 Å². The Labute approximate surface area is 154 Å². The fraction of sp³-hybridized carbons (Fsp3) is 0.273. The van der Waals surface area contributed by atoms with Gasteiger partial charge in [0.25, 0.3) is 0 Å². The molecule has 0 spiro atoms. The molecule has 4 heteroatoms. The maximum Gasteiger partial charge on any atom is 0.117 e. The molecule has 4 nitrogen and oxygen atoms in total. The number of hydrogen-bond donors (Lipinski definition) is 1. The summed E-state index contributed by atoms with van der Waals surface area (Å²) >= 11 is 0. The summed E-state index contributed by atoms with van der Waals surface area (Å²) in [5.74, 6) is 1.01. The van der Waals surface area contributed by atoms with Gasteiger partial charge in [-0.15, -0.1) is 0 Å². The van der Waals surface area contributed by atoms with Gasteiger partial charge in [-0.05, 0) is 24.5 Å². The summed E-state index contributed by atoms with van der Waals surface area (Å²) in [7, 11) is 0. The van der Waals surface area contributed by atoms with Gasteiger partial charge in [-0.1, -0.05) is 55.0 Å². The topological polar surface area (TPSA) is 41.7 Å². The number of fused-ring (bicyclic) bond motifs is 1. The van der Waals surface area contributed by atoms with Crippen molar-refractivity contribution in [3.8, 4) is 0 Å². The maximum atomic E-state index is 4.56. The zero-order chi connectivity index (χ0) is 17.6. The summed E-state index contributed by atoms with van der Waals surface area (Å²) in [6, 6.07) is 19.0. The van der Waals surface area contributed by atoms with Gasteiger partial charge in [-0.25, -0.2) is 0 Å². The molecule has 2 heterocycles. The van der Waals surface area contributed by atoms with Crippen LogP contribution in [0.1, 0.15) is 36.8 Å². The zero-order valence-corrected chi connectivity index (χ0v) is 14.9. The minimum atomic E-state index is 0.856. The SMILES string of the molecule is C(=N\NC1=NCCCCC1)/c1cn(Cc2ccccc2)c2ccccc12. The fourth-order valence-electron chi connectivity index (χ4n) is 3.43. The first-order valence-corrected chi connectivity index (χ1v) is 9.34. The second-order valence-electron chi connectivity index (χ2n) is 6.72. The van der Waals surface area contributed by atoms with Crippen LogP contribution in [0.4, 0.5) is 0 Å². The molecule has 0 fully saturated rings. The number of amidine groups is 1. The number of benzene rings is 2. The third-order valence-electron chi connectivity index (χ3n) is 4.79. The van der Waals surface area contributed by atoms with Gasteiger partial charge in [0.05, 0.1) is 6.21 Å². The van der Waals surface area contributed by atoms with Gasteiger partial charge in [0.1, 0.15) is 5.84 Å². The van der Waals surface area contributed by atoms with Crippen molar-refractivity contribution in [1.82, 2.24) is 9.99 Å². The number of rotatable bonds is 4. The number of aromatic nitrogens is 1. The van der Waals surface area contributed by atoms with Crippen LogP contribution in [0, 0.1) is 0 Å². The first-order valence-electron chi connectivity index (χ1n) is 9.34. The van der Waals surface area contributed by atoms with E-state index in [9.17, 15) is 0 Å². The lowest BCUT2D eigenvalue weighted by molar-refractivity contribution is 0.729. The molecular formula is C22H24N4. The number of para-hydroxylation sites is 1. The van der Waals surface area contributed by atoms with E-state index in [2.05, 4.69) is 80.9 Å². The van der Waals surface area contributed by atoms with Crippen LogP contribution in [0.25, 0.3) is 10.9 Å². The van der Waals surface area contributed by atoms with Crippen LogP contribution in [0.5, 0.6) is 0 Å². The number of aliphatic imine (C=N–C) groups is 1. The molecule has 0 saturated heterocycles. The summed E-state index contributed by atoms with van der Waals surface area (Å²) in [5.41, 5.74) is 6.79. The Balaban J connectivity index is 1.57. The molecule has 4 rings (SSSR count). The van der Waals surface area contributed by atoms with Crippen molar-refractivity contribution < 1.29 is 0 Å². The van der Waals surface area contributed by atoms with E-state index in [1.807, 2.05) is 6.21 Å². The molecule has 0 unspecified atom stereocenters. The molecule has 132 valence electrons. The number of nitrogens with zero attached hydrogens (tertiary/aromatic N) is 3. The molecule has 1 N–H and O–H groups in total. The van der Waals surface area contributed by atoms with Crippen LogP contribution in [-0.2, 0) is 6.54 Å². The normalized spacial score (nSPS) is 15.2. The van der Waals surface area contributed by atoms with Crippen molar-refractivity contribution in [3.05, 3.63) is 71.9 Å². The van der Waals surface area contributed by atoms with E-state index in [1.54, 1.807) is 0 Å². The molecule has 1 aromatic heterocycles. The molecule has 0 amide bonds. The second kappa shape index (κ2) is 8.00. The van der Waals surface area contributed by atoms with Crippen LogP contribution in [0.3, 0.4) is 0 Å². The van der Waals surface area contributed by atoms with Crippen molar-refractivity contribution in [1.29, 1.82) is 0 Å². The smallest absolute Gasteiger partial charge is 0.117 e. The lowest BCUT2D eigenvalue weighted by atomic mass is 10.2. The lowest BCUT2D eigenvalue weighted by Gasteiger charge is -2.05. The van der Waals surface area contributed by atoms with E-state index in [-0.39, 0.29) is 0 Å². The van der Waals surface area contributed by atoms with Crippen LogP contribution in [-0.4, -0.2) is 23.2 Å². The van der Waals surface area contributed by atoms with Crippen molar-refractivity contribution in [2.45, 2.75) is 32.2 Å². The Kier molecular flexibility index (Phi) is 5.10. The predicted octanol–water partition coefficient (Wildman–Crippen LogP) is 4.59. The van der Waals surface area contributed by atoms with E-state index >= 15 is 0 Å². The molecule has 0 bridgehead atoms.